The van der Waals surface area contributed by atoms with Crippen LogP contribution in [-0.2, 0) is 16.6 Å². The minimum atomic E-state index is -0.637. The minimum Gasteiger partial charge on any atom is -0.505 e. The highest BCUT2D eigenvalue weighted by Crippen LogP contribution is 2.32. The van der Waals surface area contributed by atoms with Crippen molar-refractivity contribution in [3.63, 3.8) is 0 Å². The first-order valence-electron chi connectivity index (χ1n) is 14.5. The molecule has 0 saturated carbocycles. The quantitative estimate of drug-likeness (QED) is 0.276. The Labute approximate surface area is 255 Å². The van der Waals surface area contributed by atoms with Gasteiger partial charge in [-0.3, -0.25) is 14.3 Å². The van der Waals surface area contributed by atoms with Crippen LogP contribution in [0, 0.1) is 17.8 Å². The van der Waals surface area contributed by atoms with Gasteiger partial charge >= 0.3 is 0 Å². The van der Waals surface area contributed by atoms with E-state index in [-0.39, 0.29) is 47.8 Å². The zero-order valence-electron chi connectivity index (χ0n) is 25.1. The molecule has 1 aliphatic rings. The van der Waals surface area contributed by atoms with Crippen molar-refractivity contribution < 1.29 is 24.0 Å². The van der Waals surface area contributed by atoms with Crippen molar-refractivity contribution in [2.24, 2.45) is 13.0 Å². The molecule has 0 radical (unpaired) electrons. The Morgan fingerprint density at radius 2 is 1.91 bits per heavy atom. The number of likely N-dealkylation sites (tertiary alicyclic amines) is 1. The Bertz CT molecular complexity index is 1650. The molecule has 0 spiro atoms. The third-order valence-corrected chi connectivity index (χ3v) is 7.60. The van der Waals surface area contributed by atoms with Gasteiger partial charge in [0.05, 0.1) is 24.1 Å². The lowest BCUT2D eigenvalue weighted by atomic mass is 9.91. The molecule has 3 aromatic heterocycles. The molecule has 0 aliphatic carbocycles. The summed E-state index contributed by atoms with van der Waals surface area (Å²) in [6.07, 6.45) is 5.58. The Hall–Kier alpha value is -5.18. The van der Waals surface area contributed by atoms with Gasteiger partial charge in [-0.15, -0.1) is 0 Å². The molecule has 3 atom stereocenters. The SMILES string of the molecule is CC(NC(=O)C1CCCN1C(=O)C(c1cc(OCC#Cc2ncc(O)cn2)no1)C(C)C)c1ccc(-c2ccnn2C)cc1. The van der Waals surface area contributed by atoms with Crippen LogP contribution in [0.1, 0.15) is 62.7 Å². The van der Waals surface area contributed by atoms with E-state index in [9.17, 15) is 14.7 Å². The predicted molar refractivity (Wildman–Crippen MR) is 160 cm³/mol. The number of aromatic hydroxyl groups is 1. The van der Waals surface area contributed by atoms with Crippen LogP contribution < -0.4 is 10.1 Å². The van der Waals surface area contributed by atoms with Gasteiger partial charge in [-0.2, -0.15) is 5.10 Å². The minimum absolute atomic E-state index is 0.00485. The number of aromatic nitrogens is 5. The first-order chi connectivity index (χ1) is 21.2. The van der Waals surface area contributed by atoms with Crippen LogP contribution >= 0.6 is 0 Å². The number of amides is 2. The van der Waals surface area contributed by atoms with E-state index in [1.807, 2.05) is 62.8 Å². The monoisotopic (exact) mass is 597 g/mol. The number of nitrogens with one attached hydrogen (secondary N) is 1. The predicted octanol–water partition coefficient (Wildman–Crippen LogP) is 3.61. The van der Waals surface area contributed by atoms with Crippen molar-refractivity contribution in [3.8, 4) is 34.7 Å². The van der Waals surface area contributed by atoms with Gasteiger partial charge in [0.25, 0.3) is 5.88 Å². The fourth-order valence-corrected chi connectivity index (χ4v) is 5.31. The molecule has 1 fully saturated rings. The summed E-state index contributed by atoms with van der Waals surface area (Å²) in [6, 6.07) is 10.7. The summed E-state index contributed by atoms with van der Waals surface area (Å²) < 4.78 is 12.9. The summed E-state index contributed by atoms with van der Waals surface area (Å²) in [5, 5.41) is 20.5. The van der Waals surface area contributed by atoms with Gasteiger partial charge in [0, 0.05) is 25.9 Å². The van der Waals surface area contributed by atoms with Crippen LogP contribution in [0.4, 0.5) is 0 Å². The summed E-state index contributed by atoms with van der Waals surface area (Å²) in [5.74, 6) is 5.14. The summed E-state index contributed by atoms with van der Waals surface area (Å²) >= 11 is 0. The number of aryl methyl sites for hydroxylation is 1. The smallest absolute Gasteiger partial charge is 0.255 e. The van der Waals surface area contributed by atoms with Crippen LogP contribution in [0.5, 0.6) is 11.6 Å². The molecule has 1 aromatic carbocycles. The number of carbonyl (C=O) groups is 2. The van der Waals surface area contributed by atoms with Crippen LogP contribution in [0.25, 0.3) is 11.3 Å². The number of ether oxygens (including phenoxy) is 1. The molecule has 12 heteroatoms. The average Bonchev–Trinajstić information content (AvgIpc) is 3.78. The Morgan fingerprint density at radius 3 is 2.59 bits per heavy atom. The molecule has 4 heterocycles. The van der Waals surface area contributed by atoms with Crippen molar-refractivity contribution in [2.45, 2.75) is 51.6 Å². The van der Waals surface area contributed by atoms with E-state index < -0.39 is 12.0 Å². The summed E-state index contributed by atoms with van der Waals surface area (Å²) in [4.78, 5) is 36.7. The van der Waals surface area contributed by atoms with Gasteiger partial charge in [0.15, 0.2) is 18.1 Å². The van der Waals surface area contributed by atoms with Crippen LogP contribution in [0.3, 0.4) is 0 Å². The maximum atomic E-state index is 13.8. The van der Waals surface area contributed by atoms with Crippen molar-refractivity contribution in [2.75, 3.05) is 13.2 Å². The first-order valence-corrected chi connectivity index (χ1v) is 14.5. The third-order valence-electron chi connectivity index (χ3n) is 7.60. The lowest BCUT2D eigenvalue weighted by Crippen LogP contribution is -2.48. The van der Waals surface area contributed by atoms with E-state index in [2.05, 4.69) is 37.4 Å². The summed E-state index contributed by atoms with van der Waals surface area (Å²) in [5.41, 5.74) is 3.01. The molecule has 1 aliphatic heterocycles. The van der Waals surface area contributed by atoms with Crippen molar-refractivity contribution >= 4 is 11.8 Å². The maximum Gasteiger partial charge on any atom is 0.255 e. The molecule has 4 aromatic rings. The fraction of sp³-hybridized carbons (Fsp3) is 0.375. The van der Waals surface area contributed by atoms with E-state index in [0.717, 1.165) is 23.2 Å². The topological polar surface area (TPSA) is 148 Å². The van der Waals surface area contributed by atoms with Crippen molar-refractivity contribution in [1.82, 2.24) is 35.1 Å². The summed E-state index contributed by atoms with van der Waals surface area (Å²) in [6.45, 7) is 6.27. The zero-order valence-corrected chi connectivity index (χ0v) is 25.1. The number of hydrogen-bond acceptors (Lipinski definition) is 9. The highest BCUT2D eigenvalue weighted by atomic mass is 16.5. The second-order valence-corrected chi connectivity index (χ2v) is 11.0. The number of hydrogen-bond donors (Lipinski definition) is 2. The number of carbonyl (C=O) groups excluding carboxylic acids is 2. The molecule has 44 heavy (non-hydrogen) atoms. The van der Waals surface area contributed by atoms with E-state index >= 15 is 0 Å². The van der Waals surface area contributed by atoms with Gasteiger partial charge in [-0.1, -0.05) is 44.0 Å². The number of nitrogens with zero attached hydrogens (tertiary/aromatic N) is 6. The Kier molecular flexibility index (Phi) is 9.23. The number of rotatable bonds is 9. The highest BCUT2D eigenvalue weighted by molar-refractivity contribution is 5.91. The molecule has 0 bridgehead atoms. The second kappa shape index (κ2) is 13.4. The largest absolute Gasteiger partial charge is 0.505 e. The van der Waals surface area contributed by atoms with Gasteiger partial charge in [-0.25, -0.2) is 9.97 Å². The second-order valence-electron chi connectivity index (χ2n) is 11.0. The highest BCUT2D eigenvalue weighted by Gasteiger charge is 2.40. The third kappa shape index (κ3) is 6.89. The number of benzene rings is 1. The average molecular weight is 598 g/mol. The van der Waals surface area contributed by atoms with E-state index in [0.29, 0.717) is 18.7 Å². The molecule has 12 nitrogen and oxygen atoms in total. The van der Waals surface area contributed by atoms with Gasteiger partial charge < -0.3 is 24.6 Å². The maximum absolute atomic E-state index is 13.8. The van der Waals surface area contributed by atoms with E-state index in [1.54, 1.807) is 17.2 Å². The van der Waals surface area contributed by atoms with Gasteiger partial charge in [0.2, 0.25) is 17.6 Å². The van der Waals surface area contributed by atoms with E-state index in [4.69, 9.17) is 9.26 Å². The summed E-state index contributed by atoms with van der Waals surface area (Å²) in [7, 11) is 1.90. The first kappa shape index (κ1) is 30.3. The lowest BCUT2D eigenvalue weighted by Gasteiger charge is -2.29. The van der Waals surface area contributed by atoms with Crippen molar-refractivity contribution in [1.29, 1.82) is 0 Å². The Balaban J connectivity index is 1.20. The molecular formula is C32H35N7O5. The standard InChI is InChI=1S/C32H35N7O5/c1-20(2)30(27-17-29(37-44-27)43-16-6-8-28-33-18-24(40)19-34-28)32(42)39-15-5-7-26(39)31(41)36-21(3)22-9-11-23(12-10-22)25-13-14-35-38(25)4/h9-14,17-21,26,30,40H,5,7,15-16H2,1-4H3,(H,36,41). The van der Waals surface area contributed by atoms with Gasteiger partial charge in [0.1, 0.15) is 12.0 Å². The molecule has 2 N–H and O–H groups in total. The normalized spacial score (nSPS) is 15.8. The molecule has 2 amide bonds. The van der Waals surface area contributed by atoms with Crippen LogP contribution in [0.2, 0.25) is 0 Å². The van der Waals surface area contributed by atoms with Crippen LogP contribution in [0.15, 0.2) is 59.5 Å². The zero-order chi connectivity index (χ0) is 31.2. The molecule has 3 unspecified atom stereocenters. The molecule has 1 saturated heterocycles. The lowest BCUT2D eigenvalue weighted by molar-refractivity contribution is -0.141. The van der Waals surface area contributed by atoms with Gasteiger partial charge in [-0.05, 0) is 54.0 Å². The van der Waals surface area contributed by atoms with Crippen molar-refractivity contribution in [3.05, 3.63) is 72.1 Å². The van der Waals surface area contributed by atoms with E-state index in [1.165, 1.54) is 12.4 Å². The molecular weight excluding hydrogens is 562 g/mol. The molecule has 228 valence electrons. The Morgan fingerprint density at radius 1 is 1.16 bits per heavy atom. The fourth-order valence-electron chi connectivity index (χ4n) is 5.31. The molecule has 5 rings (SSSR count). The van der Waals surface area contributed by atoms with Crippen LogP contribution in [-0.4, -0.2) is 65.9 Å².